The molecule has 1 heterocycles. The van der Waals surface area contributed by atoms with E-state index in [0.29, 0.717) is 11.7 Å². The Morgan fingerprint density at radius 2 is 1.61 bits per heavy atom. The van der Waals surface area contributed by atoms with Crippen LogP contribution in [-0.4, -0.2) is 29.8 Å². The lowest BCUT2D eigenvalue weighted by molar-refractivity contribution is -0.117. The predicted molar refractivity (Wildman–Crippen MR) is 133 cm³/mol. The molecule has 4 heteroatoms. The van der Waals surface area contributed by atoms with Crippen LogP contribution in [0.3, 0.4) is 0 Å². The summed E-state index contributed by atoms with van der Waals surface area (Å²) in [6, 6.07) is 8.06. The van der Waals surface area contributed by atoms with Crippen LogP contribution in [0.15, 0.2) is 36.4 Å². The van der Waals surface area contributed by atoms with Gasteiger partial charge in [-0.3, -0.25) is 0 Å². The van der Waals surface area contributed by atoms with E-state index in [0.717, 1.165) is 47.2 Å². The number of aromatic nitrogens is 2. The highest BCUT2D eigenvalue weighted by Crippen LogP contribution is 2.27. The Kier molecular flexibility index (Phi) is 10.2. The third kappa shape index (κ3) is 8.80. The van der Waals surface area contributed by atoms with E-state index >= 15 is 0 Å². The van der Waals surface area contributed by atoms with Crippen LogP contribution >= 0.6 is 0 Å². The number of carbonyl (C=O) groups is 1. The zero-order valence-electron chi connectivity index (χ0n) is 20.4. The number of fused-ring (bicyclic) bond motifs is 1. The minimum absolute atomic E-state index is 0.312. The predicted octanol–water partition coefficient (Wildman–Crippen LogP) is 6.77. The van der Waals surface area contributed by atoms with E-state index in [1.54, 1.807) is 6.92 Å². The molecule has 0 spiro atoms. The van der Waals surface area contributed by atoms with Crippen molar-refractivity contribution < 1.29 is 4.79 Å². The molecule has 4 rings (SSSR count). The van der Waals surface area contributed by atoms with Gasteiger partial charge in [-0.1, -0.05) is 63.8 Å². The Balaban J connectivity index is 0.000000175. The maximum absolute atomic E-state index is 10.6. The molecular weight excluding hydrogens is 382 g/mol. The number of allylic oxidation sites excluding steroid dienone is 2. The zero-order valence-corrected chi connectivity index (χ0v) is 20.4. The summed E-state index contributed by atoms with van der Waals surface area (Å²) in [7, 11) is 3.99. The number of ketones is 1. The highest BCUT2D eigenvalue weighted by molar-refractivity contribution is 5.89. The second-order valence-corrected chi connectivity index (χ2v) is 9.54. The van der Waals surface area contributed by atoms with E-state index in [1.807, 2.05) is 50.2 Å². The average Bonchev–Trinajstić information content (AvgIpc) is 3.23. The molecule has 0 bridgehead atoms. The van der Waals surface area contributed by atoms with Gasteiger partial charge in [-0.2, -0.15) is 0 Å². The highest BCUT2D eigenvalue weighted by atomic mass is 16.1. The van der Waals surface area contributed by atoms with Gasteiger partial charge in [0.05, 0.1) is 5.52 Å². The smallest absolute Gasteiger partial charge is 0.139 e. The van der Waals surface area contributed by atoms with Crippen LogP contribution in [-0.2, 0) is 4.79 Å². The third-order valence-electron chi connectivity index (χ3n) is 6.09. The SMILES string of the molecule is CC(=O)CC1C=CCC1.CC1CCC(C)CC1.Cc1nc(N(C)C)c2ccccc2n1. The molecule has 1 aromatic heterocycles. The molecule has 170 valence electrons. The number of hydrogen-bond acceptors (Lipinski definition) is 4. The van der Waals surface area contributed by atoms with Gasteiger partial charge in [-0.05, 0) is 56.6 Å². The van der Waals surface area contributed by atoms with Crippen molar-refractivity contribution in [2.24, 2.45) is 17.8 Å². The van der Waals surface area contributed by atoms with Crippen LogP contribution in [0, 0.1) is 24.7 Å². The van der Waals surface area contributed by atoms with Gasteiger partial charge >= 0.3 is 0 Å². The van der Waals surface area contributed by atoms with E-state index in [-0.39, 0.29) is 0 Å². The van der Waals surface area contributed by atoms with Crippen molar-refractivity contribution in [3.05, 3.63) is 42.2 Å². The van der Waals surface area contributed by atoms with Gasteiger partial charge in [0, 0.05) is 25.9 Å². The monoisotopic (exact) mass is 423 g/mol. The quantitative estimate of drug-likeness (QED) is 0.511. The molecule has 0 radical (unpaired) electrons. The Hall–Kier alpha value is -2.23. The Morgan fingerprint density at radius 3 is 2.13 bits per heavy atom. The molecule has 1 fully saturated rings. The Morgan fingerprint density at radius 1 is 1.00 bits per heavy atom. The number of Topliss-reactive ketones (excluding diaryl/α,β-unsaturated/α-hetero) is 1. The van der Waals surface area contributed by atoms with E-state index in [1.165, 1.54) is 32.1 Å². The summed E-state index contributed by atoms with van der Waals surface area (Å²) < 4.78 is 0. The van der Waals surface area contributed by atoms with E-state index in [4.69, 9.17) is 0 Å². The standard InChI is InChI=1S/C11H13N3.C8H12O.C8H16/c1-8-12-10-7-5-4-6-9(10)11(13-8)14(2)3;1-7(9)6-8-4-2-3-5-8;1-7-3-5-8(2)6-4-7/h4-7H,1-3H3;2,4,8H,3,5-6H2,1H3;7-8H,3-6H2,1-2H3. The van der Waals surface area contributed by atoms with Crippen molar-refractivity contribution in [2.45, 2.75) is 72.6 Å². The number of hydrogen-bond donors (Lipinski definition) is 0. The van der Waals surface area contributed by atoms with Crippen molar-refractivity contribution in [1.82, 2.24) is 9.97 Å². The molecule has 0 saturated heterocycles. The molecule has 0 amide bonds. The second-order valence-electron chi connectivity index (χ2n) is 9.54. The normalized spacial score (nSPS) is 22.2. The molecular formula is C27H41N3O. The molecule has 0 N–H and O–H groups in total. The average molecular weight is 424 g/mol. The number of anilines is 1. The van der Waals surface area contributed by atoms with Crippen molar-refractivity contribution >= 4 is 22.5 Å². The van der Waals surface area contributed by atoms with E-state index in [2.05, 4.69) is 36.0 Å². The molecule has 1 atom stereocenters. The largest absolute Gasteiger partial charge is 0.362 e. The molecule has 2 aliphatic carbocycles. The first-order valence-electron chi connectivity index (χ1n) is 11.8. The van der Waals surface area contributed by atoms with Gasteiger partial charge in [-0.15, -0.1) is 0 Å². The summed E-state index contributed by atoms with van der Waals surface area (Å²) >= 11 is 0. The van der Waals surface area contributed by atoms with Gasteiger partial charge in [0.2, 0.25) is 0 Å². The minimum atomic E-state index is 0.312. The summed E-state index contributed by atoms with van der Waals surface area (Å²) in [4.78, 5) is 21.4. The topological polar surface area (TPSA) is 46.1 Å². The van der Waals surface area contributed by atoms with Crippen LogP contribution < -0.4 is 4.90 Å². The van der Waals surface area contributed by atoms with Crippen LogP contribution in [0.4, 0.5) is 5.82 Å². The Labute approximate surface area is 189 Å². The van der Waals surface area contributed by atoms with Crippen LogP contribution in [0.5, 0.6) is 0 Å². The summed E-state index contributed by atoms with van der Waals surface area (Å²) in [6.07, 6.45) is 13.3. The minimum Gasteiger partial charge on any atom is -0.362 e. The first-order chi connectivity index (χ1) is 14.8. The number of aryl methyl sites for hydroxylation is 1. The van der Waals surface area contributed by atoms with Crippen molar-refractivity contribution in [3.8, 4) is 0 Å². The van der Waals surface area contributed by atoms with Crippen molar-refractivity contribution in [1.29, 1.82) is 0 Å². The highest BCUT2D eigenvalue weighted by Gasteiger charge is 2.13. The first-order valence-corrected chi connectivity index (χ1v) is 11.8. The number of benzene rings is 1. The molecule has 1 aromatic carbocycles. The summed E-state index contributed by atoms with van der Waals surface area (Å²) in [6.45, 7) is 8.31. The molecule has 0 aliphatic heterocycles. The van der Waals surface area contributed by atoms with Crippen molar-refractivity contribution in [3.63, 3.8) is 0 Å². The number of para-hydroxylation sites is 1. The van der Waals surface area contributed by atoms with E-state index < -0.39 is 0 Å². The maximum atomic E-state index is 10.6. The maximum Gasteiger partial charge on any atom is 0.139 e. The third-order valence-corrected chi connectivity index (χ3v) is 6.09. The fraction of sp³-hybridized carbons (Fsp3) is 0.593. The molecule has 2 aromatic rings. The van der Waals surface area contributed by atoms with Gasteiger partial charge in [0.25, 0.3) is 0 Å². The summed E-state index contributed by atoms with van der Waals surface area (Å²) in [5.41, 5.74) is 1.00. The fourth-order valence-electron chi connectivity index (χ4n) is 4.18. The number of nitrogens with zero attached hydrogens (tertiary/aromatic N) is 3. The zero-order chi connectivity index (χ0) is 22.8. The van der Waals surface area contributed by atoms with Gasteiger partial charge < -0.3 is 9.69 Å². The fourth-order valence-corrected chi connectivity index (χ4v) is 4.18. The first kappa shape index (κ1) is 25.0. The molecule has 1 saturated carbocycles. The second kappa shape index (κ2) is 12.6. The van der Waals surface area contributed by atoms with Crippen molar-refractivity contribution in [2.75, 3.05) is 19.0 Å². The summed E-state index contributed by atoms with van der Waals surface area (Å²) in [5, 5.41) is 1.10. The summed E-state index contributed by atoms with van der Waals surface area (Å²) in [5.74, 6) is 4.70. The van der Waals surface area contributed by atoms with Crippen LogP contribution in [0.2, 0.25) is 0 Å². The lowest BCUT2D eigenvalue weighted by Gasteiger charge is -2.22. The molecule has 31 heavy (non-hydrogen) atoms. The molecule has 2 aliphatic rings. The van der Waals surface area contributed by atoms with Crippen LogP contribution in [0.1, 0.15) is 71.5 Å². The molecule has 4 nitrogen and oxygen atoms in total. The lowest BCUT2D eigenvalue weighted by Crippen LogP contribution is -2.12. The lowest BCUT2D eigenvalue weighted by atomic mass is 9.84. The number of rotatable bonds is 3. The molecule has 1 unspecified atom stereocenters. The van der Waals surface area contributed by atoms with Gasteiger partial charge in [0.1, 0.15) is 17.4 Å². The van der Waals surface area contributed by atoms with Gasteiger partial charge in [0.15, 0.2) is 0 Å². The van der Waals surface area contributed by atoms with Gasteiger partial charge in [-0.25, -0.2) is 9.97 Å². The van der Waals surface area contributed by atoms with E-state index in [9.17, 15) is 4.79 Å². The Bertz CT molecular complexity index is 841. The number of carbonyl (C=O) groups excluding carboxylic acids is 1. The van der Waals surface area contributed by atoms with Crippen LogP contribution in [0.25, 0.3) is 10.9 Å².